The molecule has 2 rings (SSSR count). The molecular weight excluding hydrogens is 356 g/mol. The number of para-hydroxylation sites is 1. The molecule has 0 saturated carbocycles. The average Bonchev–Trinajstić information content (AvgIpc) is 2.42. The van der Waals surface area contributed by atoms with Gasteiger partial charge in [-0.2, -0.15) is 0 Å². The third-order valence-electron chi connectivity index (χ3n) is 3.09. The molecule has 110 valence electrons. The Kier molecular flexibility index (Phi) is 4.85. The number of benzene rings is 2. The van der Waals surface area contributed by atoms with Crippen LogP contribution in [0.5, 0.6) is 0 Å². The Morgan fingerprint density at radius 1 is 1.24 bits per heavy atom. The van der Waals surface area contributed by atoms with Gasteiger partial charge in [0.05, 0.1) is 9.95 Å². The van der Waals surface area contributed by atoms with Gasteiger partial charge in [0.1, 0.15) is 5.69 Å². The first-order valence-electron chi connectivity index (χ1n) is 6.39. The Morgan fingerprint density at radius 3 is 2.52 bits per heavy atom. The number of nitro benzene ring substituents is 1. The zero-order valence-corrected chi connectivity index (χ0v) is 13.9. The lowest BCUT2D eigenvalue weighted by molar-refractivity contribution is -0.383. The topological polar surface area (TPSA) is 55.2 Å². The lowest BCUT2D eigenvalue weighted by Gasteiger charge is -2.15. The molecule has 0 aliphatic carbocycles. The van der Waals surface area contributed by atoms with Crippen molar-refractivity contribution in [3.05, 3.63) is 61.6 Å². The van der Waals surface area contributed by atoms with Crippen LogP contribution in [0.25, 0.3) is 0 Å². The molecule has 1 N–H and O–H groups in total. The van der Waals surface area contributed by atoms with Crippen molar-refractivity contribution >= 4 is 44.6 Å². The Balaban J connectivity index is 2.49. The maximum Gasteiger partial charge on any atom is 0.294 e. The summed E-state index contributed by atoms with van der Waals surface area (Å²) in [5.41, 5.74) is 2.30. The van der Waals surface area contributed by atoms with Gasteiger partial charge in [0.15, 0.2) is 0 Å². The number of hydrogen-bond donors (Lipinski definition) is 1. The van der Waals surface area contributed by atoms with Gasteiger partial charge in [0.25, 0.3) is 5.69 Å². The van der Waals surface area contributed by atoms with Crippen LogP contribution in [0, 0.1) is 10.1 Å². The molecule has 4 nitrogen and oxygen atoms in total. The fraction of sp³-hybridized carbons (Fsp3) is 0.200. The first-order valence-corrected chi connectivity index (χ1v) is 7.56. The fourth-order valence-electron chi connectivity index (χ4n) is 2.05. The zero-order valence-electron chi connectivity index (χ0n) is 11.6. The highest BCUT2D eigenvalue weighted by Gasteiger charge is 2.18. The second-order valence-corrected chi connectivity index (χ2v) is 6.17. The van der Waals surface area contributed by atoms with Crippen molar-refractivity contribution in [2.75, 3.05) is 5.32 Å². The van der Waals surface area contributed by atoms with Crippen molar-refractivity contribution in [2.45, 2.75) is 19.8 Å². The van der Waals surface area contributed by atoms with Gasteiger partial charge in [0, 0.05) is 16.2 Å². The number of hydrogen-bond acceptors (Lipinski definition) is 3. The van der Waals surface area contributed by atoms with E-state index in [0.717, 1.165) is 11.3 Å². The quantitative estimate of drug-likeness (QED) is 0.541. The van der Waals surface area contributed by atoms with Crippen molar-refractivity contribution < 1.29 is 4.92 Å². The van der Waals surface area contributed by atoms with Crippen LogP contribution in [-0.4, -0.2) is 4.92 Å². The van der Waals surface area contributed by atoms with Gasteiger partial charge in [0.2, 0.25) is 0 Å². The molecule has 21 heavy (non-hydrogen) atoms. The van der Waals surface area contributed by atoms with E-state index in [9.17, 15) is 10.1 Å². The van der Waals surface area contributed by atoms with Crippen molar-refractivity contribution in [1.82, 2.24) is 0 Å². The lowest BCUT2D eigenvalue weighted by Crippen LogP contribution is -2.01. The van der Waals surface area contributed by atoms with Gasteiger partial charge in [-0.3, -0.25) is 10.1 Å². The highest BCUT2D eigenvalue weighted by Crippen LogP contribution is 2.37. The lowest BCUT2D eigenvalue weighted by atomic mass is 10.0. The molecule has 0 saturated heterocycles. The predicted molar refractivity (Wildman–Crippen MR) is 89.6 cm³/mol. The van der Waals surface area contributed by atoms with E-state index < -0.39 is 4.92 Å². The molecule has 0 atom stereocenters. The van der Waals surface area contributed by atoms with Crippen molar-refractivity contribution in [1.29, 1.82) is 0 Å². The molecular formula is C15H14BrClN2O2. The molecule has 2 aromatic rings. The van der Waals surface area contributed by atoms with E-state index in [1.54, 1.807) is 6.07 Å². The molecule has 2 aromatic carbocycles. The smallest absolute Gasteiger partial charge is 0.294 e. The van der Waals surface area contributed by atoms with E-state index in [4.69, 9.17) is 11.6 Å². The van der Waals surface area contributed by atoms with Gasteiger partial charge < -0.3 is 5.32 Å². The number of nitrogens with one attached hydrogen (secondary N) is 1. The summed E-state index contributed by atoms with van der Waals surface area (Å²) in [5.74, 6) is 0.309. The number of halogens is 2. The predicted octanol–water partition coefficient (Wildman–Crippen LogP) is 5.88. The highest BCUT2D eigenvalue weighted by molar-refractivity contribution is 9.10. The third-order valence-corrected chi connectivity index (χ3v) is 4.28. The molecule has 0 bridgehead atoms. The second-order valence-electron chi connectivity index (χ2n) is 4.91. The van der Waals surface area contributed by atoms with Crippen LogP contribution in [0.15, 0.2) is 40.9 Å². The van der Waals surface area contributed by atoms with Crippen molar-refractivity contribution in [3.63, 3.8) is 0 Å². The molecule has 0 aliphatic heterocycles. The fourth-order valence-corrected chi connectivity index (χ4v) is 2.55. The number of rotatable bonds is 4. The van der Waals surface area contributed by atoms with E-state index in [2.05, 4.69) is 35.1 Å². The summed E-state index contributed by atoms with van der Waals surface area (Å²) < 4.78 is 0.610. The van der Waals surface area contributed by atoms with Crippen LogP contribution in [0.4, 0.5) is 17.1 Å². The first kappa shape index (κ1) is 15.8. The molecule has 6 heteroatoms. The van der Waals surface area contributed by atoms with Crippen LogP contribution in [0.3, 0.4) is 0 Å². The summed E-state index contributed by atoms with van der Waals surface area (Å²) in [4.78, 5) is 10.7. The van der Waals surface area contributed by atoms with E-state index in [0.29, 0.717) is 21.1 Å². The maximum atomic E-state index is 11.2. The highest BCUT2D eigenvalue weighted by atomic mass is 79.9. The average molecular weight is 370 g/mol. The van der Waals surface area contributed by atoms with Crippen LogP contribution >= 0.6 is 27.5 Å². The summed E-state index contributed by atoms with van der Waals surface area (Å²) in [6, 6.07) is 10.7. The molecule has 0 aliphatic rings. The minimum atomic E-state index is -0.446. The largest absolute Gasteiger partial charge is 0.350 e. The number of nitrogens with zero attached hydrogens (tertiary/aromatic N) is 1. The third kappa shape index (κ3) is 3.54. The van der Waals surface area contributed by atoms with Gasteiger partial charge >= 0.3 is 0 Å². The SMILES string of the molecule is CC(C)c1ccccc1Nc1cc(Br)c(Cl)cc1[N+](=O)[O-]. The summed E-state index contributed by atoms with van der Waals surface area (Å²) in [7, 11) is 0. The summed E-state index contributed by atoms with van der Waals surface area (Å²) >= 11 is 9.23. The minimum Gasteiger partial charge on any atom is -0.350 e. The standard InChI is InChI=1S/C15H14BrClN2O2/c1-9(2)10-5-3-4-6-13(10)18-14-7-11(16)12(17)8-15(14)19(20)21/h3-9,18H,1-2H3. The van der Waals surface area contributed by atoms with Gasteiger partial charge in [-0.15, -0.1) is 0 Å². The molecule has 0 aromatic heterocycles. The Labute approximate surface area is 136 Å². The molecule has 0 heterocycles. The monoisotopic (exact) mass is 368 g/mol. The Hall–Kier alpha value is -1.59. The molecule has 0 spiro atoms. The number of nitro groups is 1. The molecule has 0 unspecified atom stereocenters. The van der Waals surface area contributed by atoms with Gasteiger partial charge in [-0.25, -0.2) is 0 Å². The van der Waals surface area contributed by atoms with Crippen LogP contribution in [0.2, 0.25) is 5.02 Å². The van der Waals surface area contributed by atoms with Crippen LogP contribution < -0.4 is 5.32 Å². The van der Waals surface area contributed by atoms with E-state index in [1.807, 2.05) is 24.3 Å². The Bertz CT molecular complexity index is 689. The Morgan fingerprint density at radius 2 is 1.90 bits per heavy atom. The molecule has 0 radical (unpaired) electrons. The molecule has 0 fully saturated rings. The van der Waals surface area contributed by atoms with Crippen LogP contribution in [-0.2, 0) is 0 Å². The second kappa shape index (κ2) is 6.45. The normalized spacial score (nSPS) is 10.7. The zero-order chi connectivity index (χ0) is 15.6. The van der Waals surface area contributed by atoms with E-state index in [1.165, 1.54) is 6.07 Å². The van der Waals surface area contributed by atoms with Crippen molar-refractivity contribution in [2.24, 2.45) is 0 Å². The van der Waals surface area contributed by atoms with Crippen LogP contribution in [0.1, 0.15) is 25.3 Å². The van der Waals surface area contributed by atoms with E-state index >= 15 is 0 Å². The number of anilines is 2. The van der Waals surface area contributed by atoms with Crippen molar-refractivity contribution in [3.8, 4) is 0 Å². The van der Waals surface area contributed by atoms with Gasteiger partial charge in [-0.05, 0) is 39.5 Å². The maximum absolute atomic E-state index is 11.2. The minimum absolute atomic E-state index is 0.0539. The van der Waals surface area contributed by atoms with E-state index in [-0.39, 0.29) is 5.69 Å². The summed E-state index contributed by atoms with van der Waals surface area (Å²) in [5, 5.41) is 14.6. The molecule has 0 amide bonds. The summed E-state index contributed by atoms with van der Waals surface area (Å²) in [6.07, 6.45) is 0. The summed E-state index contributed by atoms with van der Waals surface area (Å²) in [6.45, 7) is 4.15. The van der Waals surface area contributed by atoms with Gasteiger partial charge in [-0.1, -0.05) is 43.6 Å². The first-order chi connectivity index (χ1) is 9.90.